The van der Waals surface area contributed by atoms with Crippen molar-refractivity contribution in [3.8, 4) is 0 Å². The summed E-state index contributed by atoms with van der Waals surface area (Å²) in [6.07, 6.45) is 4.42. The van der Waals surface area contributed by atoms with Crippen LogP contribution in [0, 0.1) is 5.41 Å². The molecule has 1 spiro atoms. The zero-order chi connectivity index (χ0) is 19.4. The fourth-order valence-corrected chi connectivity index (χ4v) is 4.93. The van der Waals surface area contributed by atoms with E-state index in [-0.39, 0.29) is 6.09 Å². The Bertz CT molecular complexity index is 720. The summed E-state index contributed by atoms with van der Waals surface area (Å²) in [6.45, 7) is 3.86. The smallest absolute Gasteiger partial charge is 0.409 e. The Labute approximate surface area is 168 Å². The fraction of sp³-hybridized carbons (Fsp3) is 0.458. The van der Waals surface area contributed by atoms with Crippen LogP contribution < -0.4 is 0 Å². The molecule has 1 amide bonds. The molecule has 4 rings (SSSR count). The first-order valence-electron chi connectivity index (χ1n) is 10.4. The number of carbonyl (C=O) groups excluding carboxylic acids is 1. The van der Waals surface area contributed by atoms with Crippen LogP contribution in [0.4, 0.5) is 4.79 Å². The summed E-state index contributed by atoms with van der Waals surface area (Å²) in [5.74, 6) is 0. The summed E-state index contributed by atoms with van der Waals surface area (Å²) in [5.41, 5.74) is 3.12. The number of nitrogens with zero attached hydrogens (tertiary/aromatic N) is 2. The van der Waals surface area contributed by atoms with E-state index in [9.17, 15) is 4.79 Å². The highest BCUT2D eigenvalue weighted by Crippen LogP contribution is 2.43. The average Bonchev–Trinajstić information content (AvgIpc) is 2.77. The maximum absolute atomic E-state index is 11.8. The molecule has 0 radical (unpaired) electrons. The second kappa shape index (κ2) is 8.36. The van der Waals surface area contributed by atoms with Crippen LogP contribution in [-0.2, 0) is 4.74 Å². The first-order chi connectivity index (χ1) is 13.7. The van der Waals surface area contributed by atoms with Gasteiger partial charge in [0.1, 0.15) is 0 Å². The number of benzene rings is 2. The van der Waals surface area contributed by atoms with Crippen LogP contribution in [0.15, 0.2) is 60.7 Å². The summed E-state index contributed by atoms with van der Waals surface area (Å²) in [6, 6.07) is 22.0. The van der Waals surface area contributed by atoms with E-state index in [0.29, 0.717) is 11.5 Å². The van der Waals surface area contributed by atoms with Crippen LogP contribution in [0.5, 0.6) is 0 Å². The minimum atomic E-state index is -0.180. The summed E-state index contributed by atoms with van der Waals surface area (Å²) < 4.78 is 4.89. The Morgan fingerprint density at radius 1 is 0.821 bits per heavy atom. The Morgan fingerprint density at radius 2 is 1.29 bits per heavy atom. The number of piperidine rings is 2. The molecule has 0 aliphatic carbocycles. The van der Waals surface area contributed by atoms with Gasteiger partial charge in [-0.05, 0) is 55.3 Å². The van der Waals surface area contributed by atoms with Crippen molar-refractivity contribution in [3.05, 3.63) is 71.8 Å². The van der Waals surface area contributed by atoms with Gasteiger partial charge >= 0.3 is 6.09 Å². The molecule has 2 fully saturated rings. The number of hydrogen-bond donors (Lipinski definition) is 0. The van der Waals surface area contributed by atoms with Gasteiger partial charge in [-0.1, -0.05) is 60.7 Å². The van der Waals surface area contributed by atoms with Gasteiger partial charge in [0.2, 0.25) is 0 Å². The predicted octanol–water partition coefficient (Wildman–Crippen LogP) is 4.72. The molecule has 2 aliphatic rings. The molecule has 0 unspecified atom stereocenters. The van der Waals surface area contributed by atoms with E-state index in [1.807, 2.05) is 4.90 Å². The number of amides is 1. The number of hydrogen-bond acceptors (Lipinski definition) is 3. The topological polar surface area (TPSA) is 32.8 Å². The predicted molar refractivity (Wildman–Crippen MR) is 111 cm³/mol. The van der Waals surface area contributed by atoms with Gasteiger partial charge in [-0.15, -0.1) is 0 Å². The first kappa shape index (κ1) is 19.0. The zero-order valence-corrected chi connectivity index (χ0v) is 16.7. The van der Waals surface area contributed by atoms with Crippen molar-refractivity contribution < 1.29 is 9.53 Å². The molecular weight excluding hydrogens is 348 g/mol. The third kappa shape index (κ3) is 3.93. The molecule has 148 valence electrons. The molecule has 2 aromatic carbocycles. The number of likely N-dealkylation sites (tertiary alicyclic amines) is 2. The SMILES string of the molecule is COC(=O)N1CCC2(CC1)CCN(C(c1ccccc1)c1ccccc1)CC2. The highest BCUT2D eigenvalue weighted by molar-refractivity contribution is 5.67. The molecule has 2 aliphatic heterocycles. The lowest BCUT2D eigenvalue weighted by molar-refractivity contribution is 0.0241. The highest BCUT2D eigenvalue weighted by Gasteiger charge is 2.40. The second-order valence-corrected chi connectivity index (χ2v) is 8.22. The van der Waals surface area contributed by atoms with Crippen molar-refractivity contribution in [2.45, 2.75) is 31.7 Å². The second-order valence-electron chi connectivity index (χ2n) is 8.22. The van der Waals surface area contributed by atoms with Crippen LogP contribution >= 0.6 is 0 Å². The van der Waals surface area contributed by atoms with Crippen LogP contribution in [0.3, 0.4) is 0 Å². The molecule has 4 nitrogen and oxygen atoms in total. The van der Waals surface area contributed by atoms with Crippen molar-refractivity contribution >= 4 is 6.09 Å². The summed E-state index contributed by atoms with van der Waals surface area (Å²) in [7, 11) is 1.47. The minimum absolute atomic E-state index is 0.180. The van der Waals surface area contributed by atoms with Gasteiger partial charge in [0.05, 0.1) is 13.2 Å². The number of rotatable bonds is 3. The standard InChI is InChI=1S/C24H30N2O2/c1-28-23(27)26-18-14-24(15-19-26)12-16-25(17-13-24)22(20-8-4-2-5-9-20)21-10-6-3-7-11-21/h2-11,22H,12-19H2,1H3. The summed E-state index contributed by atoms with van der Waals surface area (Å²) >= 11 is 0. The van der Waals surface area contributed by atoms with Gasteiger partial charge in [-0.3, -0.25) is 4.90 Å². The first-order valence-corrected chi connectivity index (χ1v) is 10.4. The molecule has 28 heavy (non-hydrogen) atoms. The molecule has 2 saturated heterocycles. The minimum Gasteiger partial charge on any atom is -0.453 e. The Hall–Kier alpha value is -2.33. The van der Waals surface area contributed by atoms with E-state index in [4.69, 9.17) is 4.74 Å². The lowest BCUT2D eigenvalue weighted by Crippen LogP contribution is -2.48. The molecule has 0 aromatic heterocycles. The van der Waals surface area contributed by atoms with Gasteiger partial charge in [0.15, 0.2) is 0 Å². The van der Waals surface area contributed by atoms with E-state index < -0.39 is 0 Å². The quantitative estimate of drug-likeness (QED) is 0.775. The van der Waals surface area contributed by atoms with Crippen LogP contribution in [-0.4, -0.2) is 49.2 Å². The van der Waals surface area contributed by atoms with Crippen molar-refractivity contribution in [2.75, 3.05) is 33.3 Å². The Kier molecular flexibility index (Phi) is 5.67. The summed E-state index contributed by atoms with van der Waals surface area (Å²) in [5, 5.41) is 0. The largest absolute Gasteiger partial charge is 0.453 e. The molecule has 0 saturated carbocycles. The Morgan fingerprint density at radius 3 is 1.75 bits per heavy atom. The maximum atomic E-state index is 11.8. The zero-order valence-electron chi connectivity index (χ0n) is 16.7. The van der Waals surface area contributed by atoms with Crippen molar-refractivity contribution in [3.63, 3.8) is 0 Å². The van der Waals surface area contributed by atoms with Gasteiger partial charge < -0.3 is 9.64 Å². The molecule has 2 heterocycles. The molecule has 0 N–H and O–H groups in total. The van der Waals surface area contributed by atoms with Crippen LogP contribution in [0.1, 0.15) is 42.9 Å². The molecule has 0 bridgehead atoms. The van der Waals surface area contributed by atoms with Gasteiger partial charge in [0.25, 0.3) is 0 Å². The third-order valence-electron chi connectivity index (χ3n) is 6.71. The average molecular weight is 379 g/mol. The van der Waals surface area contributed by atoms with Crippen molar-refractivity contribution in [2.24, 2.45) is 5.41 Å². The van der Waals surface area contributed by atoms with Gasteiger partial charge in [0, 0.05) is 13.1 Å². The monoisotopic (exact) mass is 378 g/mol. The van der Waals surface area contributed by atoms with E-state index in [1.54, 1.807) is 0 Å². The normalized spacial score (nSPS) is 19.7. The van der Waals surface area contributed by atoms with E-state index >= 15 is 0 Å². The third-order valence-corrected chi connectivity index (χ3v) is 6.71. The van der Waals surface area contributed by atoms with E-state index in [1.165, 1.54) is 31.1 Å². The van der Waals surface area contributed by atoms with Crippen LogP contribution in [0.2, 0.25) is 0 Å². The lowest BCUT2D eigenvalue weighted by atomic mass is 9.71. The molecule has 0 atom stereocenters. The summed E-state index contributed by atoms with van der Waals surface area (Å²) in [4.78, 5) is 16.3. The van der Waals surface area contributed by atoms with Gasteiger partial charge in [-0.25, -0.2) is 4.79 Å². The number of ether oxygens (including phenoxy) is 1. The fourth-order valence-electron chi connectivity index (χ4n) is 4.93. The van der Waals surface area contributed by atoms with Crippen molar-refractivity contribution in [1.29, 1.82) is 0 Å². The highest BCUT2D eigenvalue weighted by atomic mass is 16.5. The molecular formula is C24H30N2O2. The van der Waals surface area contributed by atoms with Crippen LogP contribution in [0.25, 0.3) is 0 Å². The maximum Gasteiger partial charge on any atom is 0.409 e. The van der Waals surface area contributed by atoms with Gasteiger partial charge in [-0.2, -0.15) is 0 Å². The number of methoxy groups -OCH3 is 1. The van der Waals surface area contributed by atoms with E-state index in [0.717, 1.165) is 39.0 Å². The Balaban J connectivity index is 1.46. The van der Waals surface area contributed by atoms with Crippen molar-refractivity contribution in [1.82, 2.24) is 9.80 Å². The molecule has 4 heteroatoms. The molecule has 2 aromatic rings. The lowest BCUT2D eigenvalue weighted by Gasteiger charge is -2.48. The number of carbonyl (C=O) groups is 1. The van der Waals surface area contributed by atoms with E-state index in [2.05, 4.69) is 65.6 Å².